The molecule has 0 unspecified atom stereocenters. The van der Waals surface area contributed by atoms with Gasteiger partial charge in [0.15, 0.2) is 0 Å². The van der Waals surface area contributed by atoms with E-state index in [2.05, 4.69) is 10.6 Å². The van der Waals surface area contributed by atoms with Crippen molar-refractivity contribution in [1.82, 2.24) is 5.32 Å². The molecule has 0 atom stereocenters. The predicted molar refractivity (Wildman–Crippen MR) is 68.0 cm³/mol. The zero-order valence-electron chi connectivity index (χ0n) is 11.5. The van der Waals surface area contributed by atoms with Gasteiger partial charge in [0.1, 0.15) is 5.60 Å². The number of hydrogen-bond donors (Lipinski definition) is 2. The largest absolute Gasteiger partial charge is 0.438 e. The first-order valence-electron chi connectivity index (χ1n) is 6.04. The molecule has 0 saturated heterocycles. The maximum absolute atomic E-state index is 13.0. The number of halogens is 3. The lowest BCUT2D eigenvalue weighted by Gasteiger charge is -2.34. The van der Waals surface area contributed by atoms with Crippen molar-refractivity contribution in [2.45, 2.75) is 25.6 Å². The van der Waals surface area contributed by atoms with E-state index in [1.54, 1.807) is 0 Å². The Labute approximate surface area is 118 Å². The molecule has 1 aliphatic rings. The highest BCUT2D eigenvalue weighted by atomic mass is 19.4. The number of fused-ring (bicyclic) bond motifs is 1. The summed E-state index contributed by atoms with van der Waals surface area (Å²) in [5.41, 5.74) is -2.39. The van der Waals surface area contributed by atoms with E-state index < -0.39 is 29.3 Å². The van der Waals surface area contributed by atoms with Crippen LogP contribution >= 0.6 is 0 Å². The third-order valence-corrected chi connectivity index (χ3v) is 3.16. The van der Waals surface area contributed by atoms with Gasteiger partial charge in [0.25, 0.3) is 5.91 Å². The Morgan fingerprint density at radius 2 is 1.95 bits per heavy atom. The highest BCUT2D eigenvalue weighted by Crippen LogP contribution is 2.41. The molecule has 2 rings (SSSR count). The molecule has 0 aliphatic carbocycles. The van der Waals surface area contributed by atoms with Crippen LogP contribution in [-0.4, -0.2) is 19.0 Å². The number of amides is 2. The zero-order valence-corrected chi connectivity index (χ0v) is 11.5. The van der Waals surface area contributed by atoms with Crippen molar-refractivity contribution in [2.24, 2.45) is 0 Å². The van der Waals surface area contributed by atoms with E-state index in [1.165, 1.54) is 20.9 Å². The number of carbonyl (C=O) groups is 2. The minimum atomic E-state index is -4.62. The van der Waals surface area contributed by atoms with Crippen LogP contribution in [-0.2, 0) is 16.5 Å². The molecule has 1 aromatic rings. The Morgan fingerprint density at radius 1 is 1.33 bits per heavy atom. The van der Waals surface area contributed by atoms with Gasteiger partial charge in [-0.25, -0.2) is 4.79 Å². The van der Waals surface area contributed by atoms with Gasteiger partial charge in [0, 0.05) is 12.6 Å². The van der Waals surface area contributed by atoms with E-state index in [-0.39, 0.29) is 16.8 Å². The van der Waals surface area contributed by atoms with Crippen molar-refractivity contribution in [3.63, 3.8) is 0 Å². The number of cyclic esters (lactones) is 1. The van der Waals surface area contributed by atoms with Crippen molar-refractivity contribution >= 4 is 17.7 Å². The summed E-state index contributed by atoms with van der Waals surface area (Å²) >= 11 is 0. The molecule has 114 valence electrons. The maximum atomic E-state index is 13.0. The molecule has 2 N–H and O–H groups in total. The standard InChI is InChI=1S/C13H13F3N2O3/c1-12(2)8-5-6(13(14,15)16)4-7(10(19)17-3)9(8)18-11(20)21-12/h4-5H,1-3H3,(H,17,19)(H,18,20). The molecule has 8 heteroatoms. The van der Waals surface area contributed by atoms with Crippen molar-refractivity contribution < 1.29 is 27.5 Å². The van der Waals surface area contributed by atoms with Gasteiger partial charge >= 0.3 is 12.3 Å². The second-order valence-electron chi connectivity index (χ2n) is 5.05. The molecule has 0 spiro atoms. The van der Waals surface area contributed by atoms with Crippen molar-refractivity contribution in [2.75, 3.05) is 12.4 Å². The molecule has 1 heterocycles. The zero-order chi connectivity index (χ0) is 16.0. The van der Waals surface area contributed by atoms with Gasteiger partial charge in [0.05, 0.1) is 16.8 Å². The number of benzene rings is 1. The molecule has 0 bridgehead atoms. The Morgan fingerprint density at radius 3 is 2.48 bits per heavy atom. The average molecular weight is 302 g/mol. The van der Waals surface area contributed by atoms with Gasteiger partial charge < -0.3 is 10.1 Å². The minimum absolute atomic E-state index is 0.0311. The van der Waals surface area contributed by atoms with Crippen LogP contribution in [0.25, 0.3) is 0 Å². The molecular formula is C13H13F3N2O3. The predicted octanol–water partition coefficient (Wildman–Crippen LogP) is 2.86. The first-order valence-corrected chi connectivity index (χ1v) is 6.04. The highest BCUT2D eigenvalue weighted by Gasteiger charge is 2.40. The smallest absolute Gasteiger partial charge is 0.416 e. The first kappa shape index (κ1) is 15.1. The summed E-state index contributed by atoms with van der Waals surface area (Å²) in [5.74, 6) is -0.727. The number of ether oxygens (including phenoxy) is 1. The lowest BCUT2D eigenvalue weighted by Crippen LogP contribution is -2.37. The number of carbonyl (C=O) groups excluding carboxylic acids is 2. The maximum Gasteiger partial charge on any atom is 0.416 e. The van der Waals surface area contributed by atoms with Crippen LogP contribution in [0.2, 0.25) is 0 Å². The Kier molecular flexibility index (Phi) is 3.35. The van der Waals surface area contributed by atoms with Gasteiger partial charge in [0.2, 0.25) is 0 Å². The molecule has 2 amide bonds. The SMILES string of the molecule is CNC(=O)c1cc(C(F)(F)F)cc2c1NC(=O)OC2(C)C. The monoisotopic (exact) mass is 302 g/mol. The fraction of sp³-hybridized carbons (Fsp3) is 0.385. The summed E-state index contributed by atoms with van der Waals surface area (Å²) in [5, 5.41) is 4.54. The van der Waals surface area contributed by atoms with Gasteiger partial charge in [-0.1, -0.05) is 0 Å². The van der Waals surface area contributed by atoms with Crippen LogP contribution in [0.1, 0.15) is 35.3 Å². The number of hydrogen-bond acceptors (Lipinski definition) is 3. The quantitative estimate of drug-likeness (QED) is 0.838. The Hall–Kier alpha value is -2.25. The fourth-order valence-electron chi connectivity index (χ4n) is 2.14. The number of anilines is 1. The Balaban J connectivity index is 2.76. The van der Waals surface area contributed by atoms with E-state index in [9.17, 15) is 22.8 Å². The van der Waals surface area contributed by atoms with Gasteiger partial charge in [-0.2, -0.15) is 13.2 Å². The van der Waals surface area contributed by atoms with Crippen LogP contribution in [0.5, 0.6) is 0 Å². The second-order valence-corrected chi connectivity index (χ2v) is 5.05. The fourth-order valence-corrected chi connectivity index (χ4v) is 2.14. The number of rotatable bonds is 1. The molecule has 5 nitrogen and oxygen atoms in total. The summed E-state index contributed by atoms with van der Waals surface area (Å²) in [6.45, 7) is 2.91. The molecule has 0 saturated carbocycles. The molecule has 1 aromatic carbocycles. The van der Waals surface area contributed by atoms with Crippen molar-refractivity contribution in [3.8, 4) is 0 Å². The third kappa shape index (κ3) is 2.65. The minimum Gasteiger partial charge on any atom is -0.438 e. The van der Waals surface area contributed by atoms with Gasteiger partial charge in [-0.3, -0.25) is 10.1 Å². The van der Waals surface area contributed by atoms with Gasteiger partial charge in [-0.15, -0.1) is 0 Å². The van der Waals surface area contributed by atoms with Crippen LogP contribution < -0.4 is 10.6 Å². The van der Waals surface area contributed by atoms with Crippen LogP contribution in [0, 0.1) is 0 Å². The topological polar surface area (TPSA) is 67.4 Å². The van der Waals surface area contributed by atoms with E-state index in [0.717, 1.165) is 6.07 Å². The number of nitrogens with one attached hydrogen (secondary N) is 2. The highest BCUT2D eigenvalue weighted by molar-refractivity contribution is 6.04. The van der Waals surface area contributed by atoms with Gasteiger partial charge in [-0.05, 0) is 26.0 Å². The summed E-state index contributed by atoms with van der Waals surface area (Å²) < 4.78 is 43.9. The summed E-state index contributed by atoms with van der Waals surface area (Å²) in [6.07, 6.45) is -5.44. The molecule has 21 heavy (non-hydrogen) atoms. The normalized spacial score (nSPS) is 16.6. The lowest BCUT2D eigenvalue weighted by molar-refractivity contribution is -0.137. The first-order chi connectivity index (χ1) is 9.56. The third-order valence-electron chi connectivity index (χ3n) is 3.16. The molecule has 1 aliphatic heterocycles. The molecule has 0 aromatic heterocycles. The van der Waals surface area contributed by atoms with E-state index in [1.807, 2.05) is 0 Å². The summed E-state index contributed by atoms with van der Waals surface area (Å²) in [4.78, 5) is 23.3. The van der Waals surface area contributed by atoms with Crippen molar-refractivity contribution in [1.29, 1.82) is 0 Å². The van der Waals surface area contributed by atoms with Crippen LogP contribution in [0.3, 0.4) is 0 Å². The molecular weight excluding hydrogens is 289 g/mol. The van der Waals surface area contributed by atoms with E-state index >= 15 is 0 Å². The second kappa shape index (κ2) is 4.64. The summed E-state index contributed by atoms with van der Waals surface area (Å²) in [6, 6.07) is 1.58. The van der Waals surface area contributed by atoms with E-state index in [0.29, 0.717) is 6.07 Å². The molecule has 0 radical (unpaired) electrons. The lowest BCUT2D eigenvalue weighted by atomic mass is 9.90. The summed E-state index contributed by atoms with van der Waals surface area (Å²) in [7, 11) is 1.29. The Bertz CT molecular complexity index is 624. The van der Waals surface area contributed by atoms with E-state index in [4.69, 9.17) is 4.74 Å². The average Bonchev–Trinajstić information content (AvgIpc) is 2.34. The number of alkyl halides is 3. The van der Waals surface area contributed by atoms with Crippen LogP contribution in [0.4, 0.5) is 23.7 Å². The molecule has 0 fully saturated rings. The van der Waals surface area contributed by atoms with Crippen LogP contribution in [0.15, 0.2) is 12.1 Å². The van der Waals surface area contributed by atoms with Crippen molar-refractivity contribution in [3.05, 3.63) is 28.8 Å².